The van der Waals surface area contributed by atoms with E-state index in [4.69, 9.17) is 22.1 Å². The van der Waals surface area contributed by atoms with Gasteiger partial charge in [0.2, 0.25) is 0 Å². The lowest BCUT2D eigenvalue weighted by Crippen LogP contribution is -2.04. The normalized spacial score (nSPS) is 10.7. The second-order valence-corrected chi connectivity index (χ2v) is 5.20. The number of aromatic nitrogens is 1. The number of nitrogen functional groups attached to an aromatic ring is 1. The van der Waals surface area contributed by atoms with Gasteiger partial charge in [0, 0.05) is 28.7 Å². The number of hydrogen-bond donors (Lipinski definition) is 1. The zero-order valence-electron chi connectivity index (χ0n) is 11.4. The first-order chi connectivity index (χ1) is 10.2. The van der Waals surface area contributed by atoms with Crippen LogP contribution in [0.1, 0.15) is 5.56 Å². The van der Waals surface area contributed by atoms with Gasteiger partial charge in [-0.05, 0) is 35.9 Å². The molecule has 0 bridgehead atoms. The van der Waals surface area contributed by atoms with E-state index >= 15 is 0 Å². The van der Waals surface area contributed by atoms with Crippen molar-refractivity contribution in [2.75, 3.05) is 12.3 Å². The van der Waals surface area contributed by atoms with E-state index in [1.807, 2.05) is 48.5 Å². The molecule has 0 radical (unpaired) electrons. The summed E-state index contributed by atoms with van der Waals surface area (Å²) in [6.07, 6.45) is 2.49. The number of halogens is 1. The highest BCUT2D eigenvalue weighted by atomic mass is 35.5. The van der Waals surface area contributed by atoms with Crippen LogP contribution in [0.5, 0.6) is 5.75 Å². The molecule has 2 aromatic carbocycles. The van der Waals surface area contributed by atoms with E-state index in [0.717, 1.165) is 34.3 Å². The van der Waals surface area contributed by atoms with Gasteiger partial charge in [-0.15, -0.1) is 0 Å². The molecule has 0 spiro atoms. The van der Waals surface area contributed by atoms with Gasteiger partial charge in [0.25, 0.3) is 0 Å². The van der Waals surface area contributed by atoms with E-state index in [0.29, 0.717) is 11.6 Å². The molecule has 0 amide bonds. The molecule has 3 nitrogen and oxygen atoms in total. The second-order valence-electron chi connectivity index (χ2n) is 4.77. The van der Waals surface area contributed by atoms with Gasteiger partial charge in [-0.25, -0.2) is 0 Å². The molecule has 21 heavy (non-hydrogen) atoms. The van der Waals surface area contributed by atoms with Crippen molar-refractivity contribution in [3.63, 3.8) is 0 Å². The maximum Gasteiger partial charge on any atom is 0.130 e. The first-order valence-electron chi connectivity index (χ1n) is 6.74. The number of anilines is 1. The lowest BCUT2D eigenvalue weighted by atomic mass is 10.1. The fraction of sp³-hybridized carbons (Fsp3) is 0.118. The van der Waals surface area contributed by atoms with Crippen molar-refractivity contribution < 1.29 is 4.74 Å². The molecule has 3 rings (SSSR count). The largest absolute Gasteiger partial charge is 0.492 e. The van der Waals surface area contributed by atoms with Crippen molar-refractivity contribution in [1.82, 2.24) is 4.98 Å². The molecule has 0 atom stereocenters. The van der Waals surface area contributed by atoms with Crippen LogP contribution < -0.4 is 10.5 Å². The molecule has 0 aliphatic rings. The Morgan fingerprint density at radius 1 is 1.10 bits per heavy atom. The summed E-state index contributed by atoms with van der Waals surface area (Å²) >= 11 is 5.98. The number of para-hydroxylation sites is 1. The predicted octanol–water partition coefficient (Wildman–Crippen LogP) is 4.09. The Morgan fingerprint density at radius 3 is 2.81 bits per heavy atom. The Bertz CT molecular complexity index is 774. The van der Waals surface area contributed by atoms with Crippen LogP contribution in [0.25, 0.3) is 10.9 Å². The van der Waals surface area contributed by atoms with Gasteiger partial charge in [0.05, 0.1) is 12.1 Å². The highest BCUT2D eigenvalue weighted by molar-refractivity contribution is 6.31. The summed E-state index contributed by atoms with van der Waals surface area (Å²) in [7, 11) is 0. The summed E-state index contributed by atoms with van der Waals surface area (Å²) in [5, 5.41) is 1.63. The topological polar surface area (TPSA) is 48.1 Å². The molecule has 0 saturated carbocycles. The Morgan fingerprint density at radius 2 is 1.95 bits per heavy atom. The van der Waals surface area contributed by atoms with E-state index in [1.54, 1.807) is 6.20 Å². The molecule has 0 unspecified atom stereocenters. The average molecular weight is 299 g/mol. The molecule has 106 valence electrons. The number of ether oxygens (including phenoxy) is 1. The molecule has 0 saturated heterocycles. The standard InChI is InChI=1S/C17H15ClN2O/c18-13-5-6-14-16(11-13)20-9-7-17(14)21-10-8-12-3-1-2-4-15(12)19/h1-7,9,11H,8,10,19H2. The first kappa shape index (κ1) is 13.7. The van der Waals surface area contributed by atoms with Crippen LogP contribution in [0.15, 0.2) is 54.7 Å². The van der Waals surface area contributed by atoms with Gasteiger partial charge in [-0.1, -0.05) is 29.8 Å². The number of fused-ring (bicyclic) bond motifs is 1. The van der Waals surface area contributed by atoms with Crippen molar-refractivity contribution in [3.8, 4) is 5.75 Å². The summed E-state index contributed by atoms with van der Waals surface area (Å²) in [4.78, 5) is 4.30. The van der Waals surface area contributed by atoms with E-state index in [9.17, 15) is 0 Å². The Kier molecular flexibility index (Phi) is 3.93. The third-order valence-electron chi connectivity index (χ3n) is 3.35. The molecule has 3 aromatic rings. The predicted molar refractivity (Wildman–Crippen MR) is 86.8 cm³/mol. The van der Waals surface area contributed by atoms with Crippen molar-refractivity contribution in [2.45, 2.75) is 6.42 Å². The van der Waals surface area contributed by atoms with Gasteiger partial charge in [0.15, 0.2) is 0 Å². The van der Waals surface area contributed by atoms with Crippen molar-refractivity contribution in [1.29, 1.82) is 0 Å². The number of nitrogens with two attached hydrogens (primary N) is 1. The quantitative estimate of drug-likeness (QED) is 0.738. The third kappa shape index (κ3) is 3.09. The van der Waals surface area contributed by atoms with Crippen LogP contribution in [0.4, 0.5) is 5.69 Å². The molecule has 1 heterocycles. The van der Waals surface area contributed by atoms with Crippen molar-refractivity contribution >= 4 is 28.2 Å². The minimum absolute atomic E-state index is 0.565. The van der Waals surface area contributed by atoms with Gasteiger partial charge in [-0.3, -0.25) is 4.98 Å². The van der Waals surface area contributed by atoms with Crippen LogP contribution >= 0.6 is 11.6 Å². The van der Waals surface area contributed by atoms with Gasteiger partial charge in [0.1, 0.15) is 5.75 Å². The number of pyridine rings is 1. The molecule has 4 heteroatoms. The van der Waals surface area contributed by atoms with E-state index < -0.39 is 0 Å². The van der Waals surface area contributed by atoms with Gasteiger partial charge >= 0.3 is 0 Å². The Labute approximate surface area is 128 Å². The molecular weight excluding hydrogens is 284 g/mol. The van der Waals surface area contributed by atoms with Gasteiger partial charge < -0.3 is 10.5 Å². The monoisotopic (exact) mass is 298 g/mol. The Hall–Kier alpha value is -2.26. The molecule has 0 fully saturated rings. The van der Waals surface area contributed by atoms with E-state index in [2.05, 4.69) is 4.98 Å². The van der Waals surface area contributed by atoms with Crippen LogP contribution in [-0.2, 0) is 6.42 Å². The van der Waals surface area contributed by atoms with E-state index in [-0.39, 0.29) is 0 Å². The van der Waals surface area contributed by atoms with E-state index in [1.165, 1.54) is 0 Å². The highest BCUT2D eigenvalue weighted by Crippen LogP contribution is 2.26. The fourth-order valence-corrected chi connectivity index (χ4v) is 2.42. The zero-order valence-corrected chi connectivity index (χ0v) is 12.2. The highest BCUT2D eigenvalue weighted by Gasteiger charge is 2.04. The molecule has 2 N–H and O–H groups in total. The number of benzene rings is 2. The number of hydrogen-bond acceptors (Lipinski definition) is 3. The summed E-state index contributed by atoms with van der Waals surface area (Å²) in [6, 6.07) is 15.3. The SMILES string of the molecule is Nc1ccccc1CCOc1ccnc2cc(Cl)ccc12. The lowest BCUT2D eigenvalue weighted by molar-refractivity contribution is 0.326. The summed E-state index contributed by atoms with van der Waals surface area (Å²) in [6.45, 7) is 0.565. The van der Waals surface area contributed by atoms with Crippen LogP contribution in [0, 0.1) is 0 Å². The van der Waals surface area contributed by atoms with Crippen LogP contribution in [0.3, 0.4) is 0 Å². The smallest absolute Gasteiger partial charge is 0.130 e. The van der Waals surface area contributed by atoms with Gasteiger partial charge in [-0.2, -0.15) is 0 Å². The first-order valence-corrected chi connectivity index (χ1v) is 7.12. The van der Waals surface area contributed by atoms with Crippen molar-refractivity contribution in [3.05, 3.63) is 65.3 Å². The molecule has 1 aromatic heterocycles. The molecule has 0 aliphatic carbocycles. The maximum atomic E-state index is 5.98. The van der Waals surface area contributed by atoms with Crippen LogP contribution in [0.2, 0.25) is 5.02 Å². The molecule has 0 aliphatic heterocycles. The summed E-state index contributed by atoms with van der Waals surface area (Å²) < 4.78 is 5.88. The second kappa shape index (κ2) is 6.02. The Balaban J connectivity index is 1.75. The molecular formula is C17H15ClN2O. The third-order valence-corrected chi connectivity index (χ3v) is 3.58. The minimum atomic E-state index is 0.565. The maximum absolute atomic E-state index is 5.98. The lowest BCUT2D eigenvalue weighted by Gasteiger charge is -2.10. The number of rotatable bonds is 4. The zero-order chi connectivity index (χ0) is 14.7. The average Bonchev–Trinajstić information content (AvgIpc) is 2.49. The van der Waals surface area contributed by atoms with Crippen LogP contribution in [-0.4, -0.2) is 11.6 Å². The minimum Gasteiger partial charge on any atom is -0.492 e. The fourth-order valence-electron chi connectivity index (χ4n) is 2.25. The summed E-state index contributed by atoms with van der Waals surface area (Å²) in [5.41, 5.74) is 8.65. The van der Waals surface area contributed by atoms with Crippen molar-refractivity contribution in [2.24, 2.45) is 0 Å². The summed E-state index contributed by atoms with van der Waals surface area (Å²) in [5.74, 6) is 0.811. The number of nitrogens with zero attached hydrogens (tertiary/aromatic N) is 1.